The molecule has 0 unspecified atom stereocenters. The van der Waals surface area contributed by atoms with Gasteiger partial charge in [-0.1, -0.05) is 41.5 Å². The first-order valence-corrected chi connectivity index (χ1v) is 14.6. The Morgan fingerprint density at radius 1 is 0.920 bits per heavy atom. The molecule has 0 heterocycles. The molecule has 0 rings (SSSR count). The molecule has 0 amide bonds. The van der Waals surface area contributed by atoms with E-state index in [-0.39, 0.29) is 16.7 Å². The van der Waals surface area contributed by atoms with Crippen molar-refractivity contribution < 1.29 is 29.0 Å². The highest BCUT2D eigenvalue weighted by Crippen LogP contribution is 2.38. The fourth-order valence-electron chi connectivity index (χ4n) is 1.57. The number of aliphatic hydroxyl groups is 2. The number of aliphatic carboxylic acids is 1. The molecule has 150 valence electrons. The first kappa shape index (κ1) is 24.7. The van der Waals surface area contributed by atoms with Gasteiger partial charge in [-0.25, -0.2) is 4.79 Å². The van der Waals surface area contributed by atoms with Crippen LogP contribution in [-0.4, -0.2) is 62.8 Å². The van der Waals surface area contributed by atoms with Gasteiger partial charge in [-0.3, -0.25) is 0 Å². The highest BCUT2D eigenvalue weighted by molar-refractivity contribution is 6.74. The Bertz CT molecular complexity index is 451. The van der Waals surface area contributed by atoms with Gasteiger partial charge in [-0.15, -0.1) is 0 Å². The van der Waals surface area contributed by atoms with E-state index in [0.29, 0.717) is 0 Å². The van der Waals surface area contributed by atoms with Crippen LogP contribution in [-0.2, 0) is 13.6 Å². The SMILES string of the molecule is CC(C)(C)[Si](C)(C)OC[C@@H](O)[C@@H](O)[C@@H](O[Si](C)(C)C(C)(C)C)C(=O)O. The normalized spacial score (nSPS) is 17.9. The van der Waals surface area contributed by atoms with E-state index < -0.39 is 40.9 Å². The second kappa shape index (κ2) is 8.18. The van der Waals surface area contributed by atoms with Crippen molar-refractivity contribution in [3.05, 3.63) is 0 Å². The van der Waals surface area contributed by atoms with E-state index in [1.165, 1.54) is 0 Å². The molecule has 0 aromatic rings. The Labute approximate surface area is 154 Å². The maximum atomic E-state index is 11.6. The minimum absolute atomic E-state index is 0.0402. The third-order valence-electron chi connectivity index (χ3n) is 5.60. The van der Waals surface area contributed by atoms with Crippen LogP contribution >= 0.6 is 0 Å². The summed E-state index contributed by atoms with van der Waals surface area (Å²) in [6, 6.07) is 0. The van der Waals surface area contributed by atoms with Gasteiger partial charge in [0, 0.05) is 0 Å². The predicted octanol–water partition coefficient (Wildman–Crippen LogP) is 3.21. The molecule has 0 aromatic heterocycles. The van der Waals surface area contributed by atoms with Crippen LogP contribution in [0.1, 0.15) is 41.5 Å². The monoisotopic (exact) mass is 394 g/mol. The Morgan fingerprint density at radius 3 is 1.64 bits per heavy atom. The summed E-state index contributed by atoms with van der Waals surface area (Å²) in [4.78, 5) is 11.6. The first-order valence-electron chi connectivity index (χ1n) is 8.74. The van der Waals surface area contributed by atoms with Crippen molar-refractivity contribution in [2.45, 2.75) is 96.1 Å². The molecule has 0 fully saturated rings. The second-order valence-corrected chi connectivity index (χ2v) is 19.3. The minimum atomic E-state index is -2.41. The third kappa shape index (κ3) is 6.76. The van der Waals surface area contributed by atoms with E-state index in [1.54, 1.807) is 0 Å². The molecule has 0 bridgehead atoms. The zero-order valence-electron chi connectivity index (χ0n) is 17.5. The molecule has 0 aliphatic carbocycles. The summed E-state index contributed by atoms with van der Waals surface area (Å²) in [6.07, 6.45) is -4.34. The summed E-state index contributed by atoms with van der Waals surface area (Å²) in [7, 11) is -4.52. The molecule has 6 nitrogen and oxygen atoms in total. The van der Waals surface area contributed by atoms with E-state index in [2.05, 4.69) is 20.8 Å². The maximum absolute atomic E-state index is 11.6. The van der Waals surface area contributed by atoms with Crippen LogP contribution in [0, 0.1) is 0 Å². The number of hydrogen-bond donors (Lipinski definition) is 3. The van der Waals surface area contributed by atoms with Gasteiger partial charge in [-0.05, 0) is 36.3 Å². The van der Waals surface area contributed by atoms with Gasteiger partial charge in [0.2, 0.25) is 0 Å². The average Bonchev–Trinajstić information content (AvgIpc) is 2.38. The quantitative estimate of drug-likeness (QED) is 0.547. The lowest BCUT2D eigenvalue weighted by molar-refractivity contribution is -0.157. The Balaban J connectivity index is 5.12. The smallest absolute Gasteiger partial charge is 0.334 e. The lowest BCUT2D eigenvalue weighted by Crippen LogP contribution is -2.54. The molecular weight excluding hydrogens is 356 g/mol. The topological polar surface area (TPSA) is 96.2 Å². The second-order valence-electron chi connectivity index (χ2n) is 9.77. The summed E-state index contributed by atoms with van der Waals surface area (Å²) < 4.78 is 11.7. The van der Waals surface area contributed by atoms with Gasteiger partial charge in [-0.2, -0.15) is 0 Å². The number of aliphatic hydroxyl groups excluding tert-OH is 2. The van der Waals surface area contributed by atoms with Crippen LogP contribution in [0.4, 0.5) is 0 Å². The summed E-state index contributed by atoms with van der Waals surface area (Å²) in [5.74, 6) is -1.27. The summed E-state index contributed by atoms with van der Waals surface area (Å²) in [6.45, 7) is 20.0. The molecule has 0 radical (unpaired) electrons. The molecule has 0 saturated carbocycles. The van der Waals surface area contributed by atoms with Crippen molar-refractivity contribution in [2.75, 3.05) is 6.61 Å². The van der Waals surface area contributed by atoms with Crippen molar-refractivity contribution in [3.63, 3.8) is 0 Å². The molecule has 3 N–H and O–H groups in total. The summed E-state index contributed by atoms with van der Waals surface area (Å²) in [5, 5.41) is 29.9. The van der Waals surface area contributed by atoms with Crippen molar-refractivity contribution in [3.8, 4) is 0 Å². The molecule has 0 aliphatic rings. The van der Waals surface area contributed by atoms with E-state index in [9.17, 15) is 20.1 Å². The molecular formula is C17H38O6Si2. The molecule has 25 heavy (non-hydrogen) atoms. The van der Waals surface area contributed by atoms with Crippen LogP contribution in [0.5, 0.6) is 0 Å². The van der Waals surface area contributed by atoms with Gasteiger partial charge in [0.05, 0.1) is 6.61 Å². The van der Waals surface area contributed by atoms with Crippen LogP contribution in [0.15, 0.2) is 0 Å². The molecule has 0 aliphatic heterocycles. The fraction of sp³-hybridized carbons (Fsp3) is 0.941. The van der Waals surface area contributed by atoms with Crippen LogP contribution in [0.2, 0.25) is 36.3 Å². The highest BCUT2D eigenvalue weighted by Gasteiger charge is 2.45. The Hall–Kier alpha value is -0.256. The van der Waals surface area contributed by atoms with Crippen molar-refractivity contribution in [1.82, 2.24) is 0 Å². The van der Waals surface area contributed by atoms with Crippen LogP contribution in [0.3, 0.4) is 0 Å². The predicted molar refractivity (Wildman–Crippen MR) is 105 cm³/mol. The first-order chi connectivity index (χ1) is 10.8. The Kier molecular flexibility index (Phi) is 8.10. The number of hydrogen-bond acceptors (Lipinski definition) is 5. The van der Waals surface area contributed by atoms with E-state index in [0.717, 1.165) is 0 Å². The van der Waals surface area contributed by atoms with E-state index in [4.69, 9.17) is 8.85 Å². The van der Waals surface area contributed by atoms with E-state index >= 15 is 0 Å². The van der Waals surface area contributed by atoms with Gasteiger partial charge in [0.15, 0.2) is 22.7 Å². The average molecular weight is 395 g/mol. The summed E-state index contributed by atoms with van der Waals surface area (Å²) >= 11 is 0. The summed E-state index contributed by atoms with van der Waals surface area (Å²) in [5.41, 5.74) is 0. The van der Waals surface area contributed by atoms with Gasteiger partial charge >= 0.3 is 5.97 Å². The number of rotatable bonds is 8. The molecule has 0 saturated heterocycles. The fourth-order valence-corrected chi connectivity index (χ4v) is 3.82. The van der Waals surface area contributed by atoms with Crippen LogP contribution in [0.25, 0.3) is 0 Å². The zero-order valence-corrected chi connectivity index (χ0v) is 19.5. The maximum Gasteiger partial charge on any atom is 0.334 e. The zero-order chi connectivity index (χ0) is 20.4. The molecule has 0 spiro atoms. The van der Waals surface area contributed by atoms with Crippen molar-refractivity contribution in [1.29, 1.82) is 0 Å². The largest absolute Gasteiger partial charge is 0.479 e. The number of carboxylic acids is 1. The minimum Gasteiger partial charge on any atom is -0.479 e. The lowest BCUT2D eigenvalue weighted by atomic mass is 10.1. The third-order valence-corrected chi connectivity index (χ3v) is 14.6. The van der Waals surface area contributed by atoms with Gasteiger partial charge in [0.1, 0.15) is 12.2 Å². The van der Waals surface area contributed by atoms with Gasteiger partial charge < -0.3 is 24.2 Å². The van der Waals surface area contributed by atoms with Crippen molar-refractivity contribution in [2.24, 2.45) is 0 Å². The highest BCUT2D eigenvalue weighted by atomic mass is 28.4. The standard InChI is InChI=1S/C17H38O6Si2/c1-16(2,3)24(7,8)22-11-12(18)13(19)14(15(20)21)23-25(9,10)17(4,5)6/h12-14,18-19H,11H2,1-10H3,(H,20,21)/t12-,13-,14-/m1/s1. The molecule has 8 heteroatoms. The number of carboxylic acid groups (broad SMARTS) is 1. The molecule has 3 atom stereocenters. The molecule has 0 aromatic carbocycles. The van der Waals surface area contributed by atoms with E-state index in [1.807, 2.05) is 47.0 Å². The van der Waals surface area contributed by atoms with Gasteiger partial charge in [0.25, 0.3) is 0 Å². The lowest BCUT2D eigenvalue weighted by Gasteiger charge is -2.40. The Morgan fingerprint density at radius 2 is 1.32 bits per heavy atom. The van der Waals surface area contributed by atoms with Crippen molar-refractivity contribution >= 4 is 22.6 Å². The number of carbonyl (C=O) groups is 1. The van der Waals surface area contributed by atoms with Crippen LogP contribution < -0.4 is 0 Å².